The molecule has 0 saturated carbocycles. The van der Waals surface area contributed by atoms with Gasteiger partial charge in [0.2, 0.25) is 0 Å². The number of para-hydroxylation sites is 1. The lowest BCUT2D eigenvalue weighted by atomic mass is 10.2. The monoisotopic (exact) mass is 380 g/mol. The number of hydrogen-bond acceptors (Lipinski definition) is 5. The van der Waals surface area contributed by atoms with E-state index in [1.165, 1.54) is 0 Å². The van der Waals surface area contributed by atoms with Crippen LogP contribution in [0.4, 0.5) is 10.5 Å². The zero-order valence-electron chi connectivity index (χ0n) is 15.3. The number of hydrogen-bond donors (Lipinski definition) is 3. The largest absolute Gasteiger partial charge is 0.497 e. The quantitative estimate of drug-likeness (QED) is 0.584. The first-order valence-electron chi connectivity index (χ1n) is 8.60. The van der Waals surface area contributed by atoms with Crippen molar-refractivity contribution in [1.29, 1.82) is 0 Å². The van der Waals surface area contributed by atoms with E-state index >= 15 is 0 Å². The maximum absolute atomic E-state index is 12.1. The fourth-order valence-corrected chi connectivity index (χ4v) is 2.40. The van der Waals surface area contributed by atoms with Crippen LogP contribution in [0, 0.1) is 0 Å². The van der Waals surface area contributed by atoms with Gasteiger partial charge in [0.15, 0.2) is 5.76 Å². The summed E-state index contributed by atoms with van der Waals surface area (Å²) in [5, 5.41) is 12.0. The number of benzene rings is 2. The molecule has 1 heterocycles. The normalized spacial score (nSPS) is 10.2. The number of aromatic nitrogens is 1. The van der Waals surface area contributed by atoms with Gasteiger partial charge in [0.1, 0.15) is 11.4 Å². The molecule has 0 aliphatic carbocycles. The van der Waals surface area contributed by atoms with Crippen LogP contribution in [0.2, 0.25) is 0 Å². The minimum absolute atomic E-state index is 0.189. The van der Waals surface area contributed by atoms with Gasteiger partial charge in [0.05, 0.1) is 20.2 Å². The number of ether oxygens (including phenoxy) is 1. The Hall–Kier alpha value is -3.81. The van der Waals surface area contributed by atoms with E-state index in [1.807, 2.05) is 18.2 Å². The van der Waals surface area contributed by atoms with Gasteiger partial charge in [0.25, 0.3) is 5.91 Å². The summed E-state index contributed by atoms with van der Waals surface area (Å²) < 4.78 is 10.2. The molecule has 0 unspecified atom stereocenters. The van der Waals surface area contributed by atoms with Gasteiger partial charge in [-0.25, -0.2) is 4.79 Å². The summed E-state index contributed by atoms with van der Waals surface area (Å²) in [6.07, 6.45) is 0. The van der Waals surface area contributed by atoms with Crippen LogP contribution in [-0.2, 0) is 13.1 Å². The molecule has 3 N–H and O–H groups in total. The summed E-state index contributed by atoms with van der Waals surface area (Å²) in [5.74, 6) is 0.934. The smallest absolute Gasteiger partial charge is 0.319 e. The van der Waals surface area contributed by atoms with E-state index in [0.717, 1.165) is 0 Å². The Morgan fingerprint density at radius 1 is 1.00 bits per heavy atom. The zero-order chi connectivity index (χ0) is 19.8. The van der Waals surface area contributed by atoms with E-state index in [0.29, 0.717) is 28.5 Å². The van der Waals surface area contributed by atoms with Crippen molar-refractivity contribution in [1.82, 2.24) is 15.8 Å². The lowest BCUT2D eigenvalue weighted by Crippen LogP contribution is -2.28. The molecule has 8 nitrogen and oxygen atoms in total. The maximum Gasteiger partial charge on any atom is 0.319 e. The molecule has 28 heavy (non-hydrogen) atoms. The Morgan fingerprint density at radius 3 is 2.46 bits per heavy atom. The van der Waals surface area contributed by atoms with Gasteiger partial charge in [-0.1, -0.05) is 23.4 Å². The molecule has 3 rings (SSSR count). The van der Waals surface area contributed by atoms with Crippen molar-refractivity contribution in [2.24, 2.45) is 0 Å². The zero-order valence-corrected chi connectivity index (χ0v) is 15.3. The number of carbonyl (C=O) groups excluding carboxylic acids is 2. The summed E-state index contributed by atoms with van der Waals surface area (Å²) in [7, 11) is 1.57. The molecule has 0 fully saturated rings. The van der Waals surface area contributed by atoms with Crippen LogP contribution >= 0.6 is 0 Å². The average Bonchev–Trinajstić information content (AvgIpc) is 3.19. The first-order valence-corrected chi connectivity index (χ1v) is 8.60. The Labute approximate surface area is 161 Å². The van der Waals surface area contributed by atoms with E-state index in [4.69, 9.17) is 9.26 Å². The first kappa shape index (κ1) is 19.0. The molecule has 1 aromatic heterocycles. The van der Waals surface area contributed by atoms with Crippen molar-refractivity contribution in [2.75, 3.05) is 12.4 Å². The van der Waals surface area contributed by atoms with E-state index in [2.05, 4.69) is 21.1 Å². The Morgan fingerprint density at radius 2 is 1.75 bits per heavy atom. The van der Waals surface area contributed by atoms with Crippen molar-refractivity contribution in [3.8, 4) is 5.75 Å². The number of anilines is 1. The molecular formula is C20H20N4O4. The van der Waals surface area contributed by atoms with Crippen LogP contribution in [0.15, 0.2) is 65.2 Å². The lowest BCUT2D eigenvalue weighted by molar-refractivity contribution is 0.0947. The molecule has 0 aliphatic heterocycles. The van der Waals surface area contributed by atoms with E-state index in [9.17, 15) is 9.59 Å². The second-order valence-electron chi connectivity index (χ2n) is 5.87. The summed E-state index contributed by atoms with van der Waals surface area (Å²) in [6, 6.07) is 17.2. The number of nitrogens with zero attached hydrogens (tertiary/aromatic N) is 1. The minimum atomic E-state index is -0.344. The Bertz CT molecular complexity index is 923. The van der Waals surface area contributed by atoms with Gasteiger partial charge in [-0.2, -0.15) is 0 Å². The average molecular weight is 380 g/mol. The maximum atomic E-state index is 12.1. The van der Waals surface area contributed by atoms with Gasteiger partial charge >= 0.3 is 6.03 Å². The van der Waals surface area contributed by atoms with Crippen molar-refractivity contribution in [2.45, 2.75) is 13.1 Å². The van der Waals surface area contributed by atoms with Gasteiger partial charge in [-0.05, 0) is 36.4 Å². The van der Waals surface area contributed by atoms with E-state index in [1.54, 1.807) is 49.6 Å². The molecule has 0 aliphatic rings. The van der Waals surface area contributed by atoms with Crippen LogP contribution in [0.1, 0.15) is 21.8 Å². The molecule has 0 spiro atoms. The third kappa shape index (κ3) is 5.34. The van der Waals surface area contributed by atoms with Crippen molar-refractivity contribution in [3.63, 3.8) is 0 Å². The SMILES string of the molecule is COc1ccc(C(=O)NCc2cc(CNC(=O)Nc3ccccc3)no2)cc1. The number of carbonyl (C=O) groups is 2. The highest BCUT2D eigenvalue weighted by Gasteiger charge is 2.09. The van der Waals surface area contributed by atoms with Gasteiger partial charge in [0, 0.05) is 17.3 Å². The molecule has 2 aromatic carbocycles. The Kier molecular flexibility index (Phi) is 6.25. The van der Waals surface area contributed by atoms with Crippen LogP contribution < -0.4 is 20.7 Å². The fourth-order valence-electron chi connectivity index (χ4n) is 2.40. The molecule has 0 radical (unpaired) electrons. The number of rotatable bonds is 7. The van der Waals surface area contributed by atoms with Crippen LogP contribution in [-0.4, -0.2) is 24.2 Å². The predicted octanol–water partition coefficient (Wildman–Crippen LogP) is 2.93. The number of urea groups is 1. The number of amides is 3. The predicted molar refractivity (Wildman–Crippen MR) is 103 cm³/mol. The van der Waals surface area contributed by atoms with Crippen LogP contribution in [0.25, 0.3) is 0 Å². The van der Waals surface area contributed by atoms with Gasteiger partial charge in [-0.15, -0.1) is 0 Å². The standard InChI is InChI=1S/C20H20N4O4/c1-27-17-9-7-14(8-10-17)19(25)21-13-18-11-16(24-28-18)12-22-20(26)23-15-5-3-2-4-6-15/h2-11H,12-13H2,1H3,(H,21,25)(H2,22,23,26). The highest BCUT2D eigenvalue weighted by Crippen LogP contribution is 2.11. The highest BCUT2D eigenvalue weighted by molar-refractivity contribution is 5.94. The molecule has 0 bridgehead atoms. The topological polar surface area (TPSA) is 105 Å². The number of methoxy groups -OCH3 is 1. The Balaban J connectivity index is 1.44. The molecule has 3 aromatic rings. The van der Waals surface area contributed by atoms with Crippen LogP contribution in [0.5, 0.6) is 5.75 Å². The van der Waals surface area contributed by atoms with Crippen molar-refractivity contribution >= 4 is 17.6 Å². The second kappa shape index (κ2) is 9.22. The molecule has 0 atom stereocenters. The first-order chi connectivity index (χ1) is 13.6. The minimum Gasteiger partial charge on any atom is -0.497 e. The molecule has 3 amide bonds. The third-order valence-corrected chi connectivity index (χ3v) is 3.84. The summed E-state index contributed by atoms with van der Waals surface area (Å²) in [4.78, 5) is 24.0. The molecule has 8 heteroatoms. The summed E-state index contributed by atoms with van der Waals surface area (Å²) in [5.41, 5.74) is 1.76. The van der Waals surface area contributed by atoms with Gasteiger partial charge < -0.3 is 25.2 Å². The molecular weight excluding hydrogens is 360 g/mol. The van der Waals surface area contributed by atoms with Crippen LogP contribution in [0.3, 0.4) is 0 Å². The van der Waals surface area contributed by atoms with E-state index < -0.39 is 0 Å². The molecule has 144 valence electrons. The van der Waals surface area contributed by atoms with Crippen molar-refractivity contribution < 1.29 is 18.8 Å². The van der Waals surface area contributed by atoms with Gasteiger partial charge in [-0.3, -0.25) is 4.79 Å². The summed E-state index contributed by atoms with van der Waals surface area (Å²) >= 11 is 0. The fraction of sp³-hybridized carbons (Fsp3) is 0.150. The van der Waals surface area contributed by atoms with E-state index in [-0.39, 0.29) is 25.0 Å². The third-order valence-electron chi connectivity index (χ3n) is 3.84. The molecule has 0 saturated heterocycles. The second-order valence-corrected chi connectivity index (χ2v) is 5.87. The lowest BCUT2D eigenvalue weighted by Gasteiger charge is -2.05. The van der Waals surface area contributed by atoms with Crippen molar-refractivity contribution in [3.05, 3.63) is 77.7 Å². The highest BCUT2D eigenvalue weighted by atomic mass is 16.5. The summed E-state index contributed by atoms with van der Waals surface area (Å²) in [6.45, 7) is 0.392. The number of nitrogens with one attached hydrogen (secondary N) is 3.